The van der Waals surface area contributed by atoms with Gasteiger partial charge in [0.25, 0.3) is 0 Å². The van der Waals surface area contributed by atoms with Crippen molar-refractivity contribution in [2.24, 2.45) is 0 Å². The molecule has 84 valence electrons. The number of fused-ring (bicyclic) bond motifs is 1. The van der Waals surface area contributed by atoms with E-state index in [1.807, 2.05) is 25.1 Å². The van der Waals surface area contributed by atoms with Crippen molar-refractivity contribution in [1.82, 2.24) is 9.55 Å². The number of rotatable bonds is 2. The van der Waals surface area contributed by atoms with Gasteiger partial charge in [-0.3, -0.25) is 9.36 Å². The molecular formula is C11H12N2O2S. The van der Waals surface area contributed by atoms with Crippen LogP contribution in [0.25, 0.3) is 11.0 Å². The van der Waals surface area contributed by atoms with Crippen LogP contribution in [0.3, 0.4) is 0 Å². The summed E-state index contributed by atoms with van der Waals surface area (Å²) in [5, 5.41) is 0. The first-order valence-corrected chi connectivity index (χ1v) is 5.43. The summed E-state index contributed by atoms with van der Waals surface area (Å²) >= 11 is 5.08. The highest BCUT2D eigenvalue weighted by Crippen LogP contribution is 2.20. The van der Waals surface area contributed by atoms with Crippen LogP contribution in [0.4, 0.5) is 0 Å². The summed E-state index contributed by atoms with van der Waals surface area (Å²) in [6.45, 7) is 4.02. The van der Waals surface area contributed by atoms with Crippen LogP contribution in [0.5, 0.6) is 5.75 Å². The Balaban J connectivity index is 2.65. The molecule has 0 saturated carbocycles. The zero-order chi connectivity index (χ0) is 11.7. The predicted octanol–water partition coefficient (Wildman–Crippen LogP) is 2.76. The Morgan fingerprint density at radius 2 is 2.31 bits per heavy atom. The van der Waals surface area contributed by atoms with Crippen molar-refractivity contribution in [2.75, 3.05) is 6.61 Å². The van der Waals surface area contributed by atoms with Crippen molar-refractivity contribution in [1.29, 1.82) is 0 Å². The lowest BCUT2D eigenvalue weighted by atomic mass is 10.3. The number of carbonyl (C=O) groups is 1. The second-order valence-corrected chi connectivity index (χ2v) is 3.78. The van der Waals surface area contributed by atoms with Gasteiger partial charge in [0.2, 0.25) is 5.91 Å². The Morgan fingerprint density at radius 1 is 1.56 bits per heavy atom. The third-order valence-electron chi connectivity index (χ3n) is 2.28. The minimum Gasteiger partial charge on any atom is -0.494 e. The molecule has 0 aliphatic carbocycles. The van der Waals surface area contributed by atoms with Crippen LogP contribution < -0.4 is 4.74 Å². The van der Waals surface area contributed by atoms with Gasteiger partial charge in [0.05, 0.1) is 17.6 Å². The molecule has 1 heterocycles. The molecule has 1 aromatic carbocycles. The maximum Gasteiger partial charge on any atom is 0.230 e. The zero-order valence-electron chi connectivity index (χ0n) is 9.11. The summed E-state index contributed by atoms with van der Waals surface area (Å²) in [5.74, 6) is 0.669. The number of nitrogens with zero attached hydrogens (tertiary/aromatic N) is 1. The first kappa shape index (κ1) is 10.9. The summed E-state index contributed by atoms with van der Waals surface area (Å²) in [4.78, 5) is 14.4. The topological polar surface area (TPSA) is 47.0 Å². The lowest BCUT2D eigenvalue weighted by molar-refractivity contribution is 0.0939. The minimum absolute atomic E-state index is 0.0968. The zero-order valence-corrected chi connectivity index (χ0v) is 9.93. The highest BCUT2D eigenvalue weighted by atomic mass is 32.1. The van der Waals surface area contributed by atoms with Gasteiger partial charge in [0, 0.05) is 13.0 Å². The van der Waals surface area contributed by atoms with E-state index in [2.05, 4.69) is 4.98 Å². The quantitative estimate of drug-likeness (QED) is 0.815. The molecule has 16 heavy (non-hydrogen) atoms. The van der Waals surface area contributed by atoms with Crippen LogP contribution in [0.2, 0.25) is 0 Å². The molecule has 1 N–H and O–H groups in total. The minimum atomic E-state index is -0.0968. The molecule has 0 unspecified atom stereocenters. The van der Waals surface area contributed by atoms with Gasteiger partial charge >= 0.3 is 0 Å². The fraction of sp³-hybridized carbons (Fsp3) is 0.273. The van der Waals surface area contributed by atoms with Crippen molar-refractivity contribution >= 4 is 29.2 Å². The fourth-order valence-electron chi connectivity index (χ4n) is 1.66. The van der Waals surface area contributed by atoms with Crippen LogP contribution in [-0.2, 0) is 0 Å². The Kier molecular flexibility index (Phi) is 2.78. The van der Waals surface area contributed by atoms with E-state index in [0.29, 0.717) is 11.4 Å². The van der Waals surface area contributed by atoms with Gasteiger partial charge in [-0.05, 0) is 31.3 Å². The molecule has 0 radical (unpaired) electrons. The molecule has 1 aromatic heterocycles. The number of hydrogen-bond acceptors (Lipinski definition) is 3. The maximum absolute atomic E-state index is 11.4. The average molecular weight is 236 g/mol. The first-order valence-electron chi connectivity index (χ1n) is 5.02. The van der Waals surface area contributed by atoms with Crippen LogP contribution in [0.1, 0.15) is 18.6 Å². The molecule has 0 aliphatic rings. The monoisotopic (exact) mass is 236 g/mol. The molecule has 0 fully saturated rings. The second-order valence-electron chi connectivity index (χ2n) is 3.40. The summed E-state index contributed by atoms with van der Waals surface area (Å²) < 4.78 is 7.26. The SMILES string of the molecule is CCOc1ccc2c(c1)[nH]c(=S)n2C(C)=O. The van der Waals surface area contributed by atoms with Gasteiger partial charge in [-0.2, -0.15) is 0 Å². The number of benzene rings is 1. The van der Waals surface area contributed by atoms with Gasteiger partial charge < -0.3 is 9.72 Å². The molecule has 0 spiro atoms. The molecular weight excluding hydrogens is 224 g/mol. The largest absolute Gasteiger partial charge is 0.494 e. The number of aromatic amines is 1. The van der Waals surface area contributed by atoms with Crippen molar-refractivity contribution in [3.63, 3.8) is 0 Å². The van der Waals surface area contributed by atoms with Gasteiger partial charge in [-0.25, -0.2) is 0 Å². The van der Waals surface area contributed by atoms with Gasteiger partial charge in [0.15, 0.2) is 4.77 Å². The van der Waals surface area contributed by atoms with Gasteiger partial charge in [0.1, 0.15) is 5.75 Å². The Bertz CT molecular complexity index is 598. The summed E-state index contributed by atoms with van der Waals surface area (Å²) in [7, 11) is 0. The normalized spacial score (nSPS) is 10.6. The second kappa shape index (κ2) is 4.09. The van der Waals surface area contributed by atoms with Gasteiger partial charge in [-0.15, -0.1) is 0 Å². The number of ether oxygens (including phenoxy) is 1. The number of hydrogen-bond donors (Lipinski definition) is 1. The fourth-order valence-corrected chi connectivity index (χ4v) is 2.00. The van der Waals surface area contributed by atoms with E-state index in [4.69, 9.17) is 17.0 Å². The van der Waals surface area contributed by atoms with Crippen molar-refractivity contribution < 1.29 is 9.53 Å². The highest BCUT2D eigenvalue weighted by molar-refractivity contribution is 7.71. The van der Waals surface area contributed by atoms with Crippen molar-refractivity contribution in [2.45, 2.75) is 13.8 Å². The molecule has 2 aromatic rings. The summed E-state index contributed by atoms with van der Waals surface area (Å²) in [6, 6.07) is 5.50. The summed E-state index contributed by atoms with van der Waals surface area (Å²) in [5.41, 5.74) is 1.59. The third kappa shape index (κ3) is 1.74. The molecule has 4 nitrogen and oxygen atoms in total. The average Bonchev–Trinajstić information content (AvgIpc) is 2.53. The van der Waals surface area contributed by atoms with Crippen molar-refractivity contribution in [3.05, 3.63) is 23.0 Å². The van der Waals surface area contributed by atoms with E-state index in [1.165, 1.54) is 11.5 Å². The number of aromatic nitrogens is 2. The van der Waals surface area contributed by atoms with Crippen LogP contribution in [0.15, 0.2) is 18.2 Å². The predicted molar refractivity (Wildman–Crippen MR) is 64.6 cm³/mol. The van der Waals surface area contributed by atoms with E-state index in [-0.39, 0.29) is 5.91 Å². The standard InChI is InChI=1S/C11H12N2O2S/c1-3-15-8-4-5-10-9(6-8)12-11(16)13(10)7(2)14/h4-6H,3H2,1-2H3,(H,12,16). The van der Waals surface area contributed by atoms with Gasteiger partial charge in [-0.1, -0.05) is 0 Å². The first-order chi connectivity index (χ1) is 7.63. The smallest absolute Gasteiger partial charge is 0.230 e. The van der Waals surface area contributed by atoms with Crippen molar-refractivity contribution in [3.8, 4) is 5.75 Å². The molecule has 0 aliphatic heterocycles. The van der Waals surface area contributed by atoms with E-state index >= 15 is 0 Å². The van der Waals surface area contributed by atoms with E-state index in [0.717, 1.165) is 16.8 Å². The number of nitrogens with one attached hydrogen (secondary N) is 1. The van der Waals surface area contributed by atoms with E-state index in [1.54, 1.807) is 0 Å². The third-order valence-corrected chi connectivity index (χ3v) is 2.56. The van der Waals surface area contributed by atoms with Crippen LogP contribution in [-0.4, -0.2) is 22.1 Å². The maximum atomic E-state index is 11.4. The molecule has 0 saturated heterocycles. The number of imidazole rings is 1. The molecule has 2 rings (SSSR count). The number of carbonyl (C=O) groups excluding carboxylic acids is 1. The lowest BCUT2D eigenvalue weighted by Gasteiger charge is -2.02. The van der Waals surface area contributed by atoms with Crippen LogP contribution in [0, 0.1) is 4.77 Å². The summed E-state index contributed by atoms with van der Waals surface area (Å²) in [6.07, 6.45) is 0. The Hall–Kier alpha value is -1.62. The van der Waals surface area contributed by atoms with Crippen LogP contribution >= 0.6 is 12.2 Å². The highest BCUT2D eigenvalue weighted by Gasteiger charge is 2.08. The molecule has 0 bridgehead atoms. The van der Waals surface area contributed by atoms with E-state index < -0.39 is 0 Å². The Labute approximate surface area is 97.8 Å². The van der Waals surface area contributed by atoms with E-state index in [9.17, 15) is 4.79 Å². The molecule has 5 heteroatoms. The molecule has 0 atom stereocenters. The molecule has 0 amide bonds. The Morgan fingerprint density at radius 3 is 2.94 bits per heavy atom. The number of H-pyrrole nitrogens is 1. The lowest BCUT2D eigenvalue weighted by Crippen LogP contribution is -2.04.